The number of methoxy groups -OCH3 is 1. The number of ether oxygens (including phenoxy) is 3. The zero-order valence-corrected chi connectivity index (χ0v) is 15.2. The molecule has 148 valence electrons. The third kappa shape index (κ3) is 2.25. The molecule has 0 aliphatic heterocycles. The van der Waals surface area contributed by atoms with Crippen LogP contribution in [0.15, 0.2) is 0 Å². The summed E-state index contributed by atoms with van der Waals surface area (Å²) in [6.45, 7) is -0.136. The summed E-state index contributed by atoms with van der Waals surface area (Å²) in [6, 6.07) is 0. The van der Waals surface area contributed by atoms with Crippen molar-refractivity contribution in [3.05, 3.63) is 0 Å². The lowest BCUT2D eigenvalue weighted by molar-refractivity contribution is -0.182. The van der Waals surface area contributed by atoms with Crippen LogP contribution in [-0.2, 0) is 29.1 Å². The largest absolute Gasteiger partial charge is 0.465 e. The van der Waals surface area contributed by atoms with Gasteiger partial charge in [-0.1, -0.05) is 0 Å². The lowest BCUT2D eigenvalue weighted by Gasteiger charge is -2.58. The van der Waals surface area contributed by atoms with Gasteiger partial charge in [-0.05, 0) is 55.8 Å². The van der Waals surface area contributed by atoms with E-state index in [9.17, 15) is 22.0 Å². The second-order valence-electron chi connectivity index (χ2n) is 8.50. The molecular formula is C16H22F2O7S. The van der Waals surface area contributed by atoms with Gasteiger partial charge in [0.2, 0.25) is 0 Å². The van der Waals surface area contributed by atoms with Crippen molar-refractivity contribution in [3.63, 3.8) is 0 Å². The quantitative estimate of drug-likeness (QED) is 0.399. The first-order valence-electron chi connectivity index (χ1n) is 8.64. The fourth-order valence-corrected chi connectivity index (χ4v) is 6.86. The maximum Gasteiger partial charge on any atom is 0.465 e. The number of esters is 1. The van der Waals surface area contributed by atoms with Crippen LogP contribution in [0.2, 0.25) is 0 Å². The molecule has 7 nitrogen and oxygen atoms in total. The number of hydrogen-bond donors (Lipinski definition) is 1. The van der Waals surface area contributed by atoms with Crippen molar-refractivity contribution in [2.45, 2.75) is 49.4 Å². The molecule has 4 fully saturated rings. The summed E-state index contributed by atoms with van der Waals surface area (Å²) in [5.74, 6) is -1.26. The Kier molecular flexibility index (Phi) is 3.82. The lowest BCUT2D eigenvalue weighted by atomic mass is 9.46. The van der Waals surface area contributed by atoms with Crippen molar-refractivity contribution in [1.82, 2.24) is 0 Å². The van der Waals surface area contributed by atoms with E-state index in [1.54, 1.807) is 0 Å². The van der Waals surface area contributed by atoms with E-state index in [-0.39, 0.29) is 18.8 Å². The minimum absolute atomic E-state index is 0.0999. The van der Waals surface area contributed by atoms with E-state index >= 15 is 0 Å². The molecule has 0 aromatic rings. The smallest absolute Gasteiger partial charge is 0.460 e. The van der Waals surface area contributed by atoms with Gasteiger partial charge in [0, 0.05) is 12.5 Å². The Hall–Kier alpha value is -0.840. The molecule has 4 rings (SSSR count). The molecule has 1 spiro atoms. The highest BCUT2D eigenvalue weighted by Crippen LogP contribution is 2.82. The molecule has 4 saturated carbocycles. The third-order valence-electron chi connectivity index (χ3n) is 7.23. The zero-order chi connectivity index (χ0) is 19.0. The summed E-state index contributed by atoms with van der Waals surface area (Å²) in [4.78, 5) is 11.6. The van der Waals surface area contributed by atoms with Crippen molar-refractivity contribution in [3.8, 4) is 0 Å². The molecule has 1 N–H and O–H groups in total. The van der Waals surface area contributed by atoms with Crippen LogP contribution in [0.1, 0.15) is 38.5 Å². The summed E-state index contributed by atoms with van der Waals surface area (Å²) in [5.41, 5.74) is -0.971. The van der Waals surface area contributed by atoms with Crippen LogP contribution in [-0.4, -0.2) is 50.3 Å². The Morgan fingerprint density at radius 2 is 2.00 bits per heavy atom. The molecule has 26 heavy (non-hydrogen) atoms. The molecule has 0 heterocycles. The highest BCUT2D eigenvalue weighted by Gasteiger charge is 2.79. The van der Waals surface area contributed by atoms with Crippen LogP contribution in [0.3, 0.4) is 0 Å². The van der Waals surface area contributed by atoms with Crippen molar-refractivity contribution in [2.24, 2.45) is 22.7 Å². The van der Waals surface area contributed by atoms with Crippen LogP contribution < -0.4 is 0 Å². The Labute approximate surface area is 150 Å². The third-order valence-corrected chi connectivity index (χ3v) is 8.04. The Morgan fingerprint density at radius 3 is 2.65 bits per heavy atom. The highest BCUT2D eigenvalue weighted by atomic mass is 32.2. The maximum absolute atomic E-state index is 13.5. The molecule has 0 saturated heterocycles. The highest BCUT2D eigenvalue weighted by molar-refractivity contribution is 7.87. The summed E-state index contributed by atoms with van der Waals surface area (Å²) in [6.07, 6.45) is 5.03. The Balaban J connectivity index is 1.53. The maximum atomic E-state index is 13.5. The molecule has 0 radical (unpaired) electrons. The predicted molar refractivity (Wildman–Crippen MR) is 82.7 cm³/mol. The minimum Gasteiger partial charge on any atom is -0.460 e. The van der Waals surface area contributed by atoms with Crippen LogP contribution >= 0.6 is 0 Å². The Bertz CT molecular complexity index is 741. The second kappa shape index (κ2) is 5.36. The molecule has 5 atom stereocenters. The molecule has 0 amide bonds. The standard InChI is InChI=1S/C16H22F2O7S/c1-23-9-25-14-3-10-2-11-5-13(6-14,15(11,4-10)7-14)8-24-12(19)16(17,18)26(20,21)22/h10-11H,2-9H2,1H3,(H,20,21,22). The monoisotopic (exact) mass is 396 g/mol. The van der Waals surface area contributed by atoms with Crippen LogP contribution in [0.25, 0.3) is 0 Å². The van der Waals surface area contributed by atoms with Gasteiger partial charge in [-0.25, -0.2) is 4.79 Å². The molecule has 0 aromatic heterocycles. The van der Waals surface area contributed by atoms with Gasteiger partial charge in [-0.2, -0.15) is 17.2 Å². The number of hydrogen-bond acceptors (Lipinski definition) is 6. The van der Waals surface area contributed by atoms with Gasteiger partial charge < -0.3 is 14.2 Å². The van der Waals surface area contributed by atoms with Crippen LogP contribution in [0.4, 0.5) is 8.78 Å². The molecule has 0 aromatic carbocycles. The van der Waals surface area contributed by atoms with E-state index in [0.29, 0.717) is 18.3 Å². The van der Waals surface area contributed by atoms with Gasteiger partial charge in [-0.3, -0.25) is 4.55 Å². The number of alkyl halides is 2. The van der Waals surface area contributed by atoms with Gasteiger partial charge in [-0.15, -0.1) is 0 Å². The van der Waals surface area contributed by atoms with Crippen molar-refractivity contribution >= 4 is 16.1 Å². The van der Waals surface area contributed by atoms with Crippen molar-refractivity contribution in [2.75, 3.05) is 20.5 Å². The fraction of sp³-hybridized carbons (Fsp3) is 0.938. The second-order valence-corrected chi connectivity index (χ2v) is 9.97. The summed E-state index contributed by atoms with van der Waals surface area (Å²) in [5, 5.41) is -4.96. The van der Waals surface area contributed by atoms with E-state index in [1.165, 1.54) is 7.11 Å². The molecule has 10 heteroatoms. The van der Waals surface area contributed by atoms with Gasteiger partial charge in [0.25, 0.3) is 0 Å². The van der Waals surface area contributed by atoms with E-state index in [1.807, 2.05) is 0 Å². The first-order chi connectivity index (χ1) is 12.0. The summed E-state index contributed by atoms with van der Waals surface area (Å²) < 4.78 is 72.7. The van der Waals surface area contributed by atoms with E-state index in [0.717, 1.165) is 32.1 Å². The topological polar surface area (TPSA) is 99.1 Å². The average molecular weight is 396 g/mol. The number of fused-ring (bicyclic) bond motifs is 2. The first-order valence-corrected chi connectivity index (χ1v) is 10.1. The molecular weight excluding hydrogens is 374 g/mol. The number of carbonyl (C=O) groups is 1. The predicted octanol–water partition coefficient (Wildman–Crippen LogP) is 1.97. The molecule has 5 unspecified atom stereocenters. The van der Waals surface area contributed by atoms with Gasteiger partial charge in [0.1, 0.15) is 6.79 Å². The van der Waals surface area contributed by atoms with Crippen molar-refractivity contribution < 1.29 is 40.8 Å². The number of carbonyl (C=O) groups excluding carboxylic acids is 1. The Morgan fingerprint density at radius 1 is 1.27 bits per heavy atom. The summed E-state index contributed by atoms with van der Waals surface area (Å²) >= 11 is 0. The molecule has 3 bridgehead atoms. The van der Waals surface area contributed by atoms with Crippen LogP contribution in [0.5, 0.6) is 0 Å². The number of rotatable bonds is 7. The number of halogens is 2. The van der Waals surface area contributed by atoms with Crippen molar-refractivity contribution in [1.29, 1.82) is 0 Å². The van der Waals surface area contributed by atoms with Gasteiger partial charge >= 0.3 is 21.3 Å². The first kappa shape index (κ1) is 18.5. The summed E-state index contributed by atoms with van der Waals surface area (Å²) in [7, 11) is -4.32. The van der Waals surface area contributed by atoms with Crippen LogP contribution in [0, 0.1) is 22.7 Å². The van der Waals surface area contributed by atoms with Gasteiger partial charge in [0.15, 0.2) is 0 Å². The van der Waals surface area contributed by atoms with E-state index < -0.39 is 32.4 Å². The lowest BCUT2D eigenvalue weighted by Crippen LogP contribution is -2.55. The SMILES string of the molecule is COCOC12CC3CC4CC(COC(=O)C(F)(F)S(=O)(=O)O)(C1)C4(C3)C2. The molecule has 4 aliphatic rings. The zero-order valence-electron chi connectivity index (χ0n) is 14.4. The molecule has 4 aliphatic carbocycles. The minimum atomic E-state index is -5.86. The van der Waals surface area contributed by atoms with Gasteiger partial charge in [0.05, 0.1) is 12.2 Å². The van der Waals surface area contributed by atoms with E-state index in [2.05, 4.69) is 0 Å². The van der Waals surface area contributed by atoms with E-state index in [4.69, 9.17) is 18.8 Å². The normalized spacial score (nSPS) is 43.2. The fourth-order valence-electron chi connectivity index (χ4n) is 6.59. The average Bonchev–Trinajstić information content (AvgIpc) is 2.84.